The Labute approximate surface area is 102 Å². The van der Waals surface area contributed by atoms with Crippen LogP contribution >= 0.6 is 0 Å². The van der Waals surface area contributed by atoms with Crippen molar-refractivity contribution in [3.8, 4) is 11.5 Å². The van der Waals surface area contributed by atoms with E-state index < -0.39 is 0 Å². The molecular weight excluding hydrogens is 216 g/mol. The molecule has 3 N–H and O–H groups in total. The number of hydrogen-bond acceptors (Lipinski definition) is 4. The maximum absolute atomic E-state index is 5.75. The molecule has 4 nitrogen and oxygen atoms in total. The van der Waals surface area contributed by atoms with Crippen LogP contribution in [-0.2, 0) is 0 Å². The average molecular weight is 236 g/mol. The number of nitrogens with two attached hydrogens (primary N) is 1. The Morgan fingerprint density at radius 1 is 1.35 bits per heavy atom. The Kier molecular flexibility index (Phi) is 3.54. The van der Waals surface area contributed by atoms with Crippen LogP contribution in [0.1, 0.15) is 24.1 Å². The molecule has 0 bridgehead atoms. The number of nitrogens with one attached hydrogen (secondary N) is 1. The first-order chi connectivity index (χ1) is 8.17. The molecule has 0 radical (unpaired) electrons. The maximum atomic E-state index is 5.75. The summed E-state index contributed by atoms with van der Waals surface area (Å²) in [5.74, 6) is 2.04. The van der Waals surface area contributed by atoms with E-state index in [1.807, 2.05) is 13.1 Å². The monoisotopic (exact) mass is 236 g/mol. The molecule has 4 heteroatoms. The van der Waals surface area contributed by atoms with Gasteiger partial charge in [-0.25, -0.2) is 0 Å². The molecule has 2 atom stereocenters. The molecule has 2 unspecified atom stereocenters. The molecule has 1 aromatic carbocycles. The number of aryl methyl sites for hydroxylation is 1. The highest BCUT2D eigenvalue weighted by atomic mass is 16.7. The van der Waals surface area contributed by atoms with Gasteiger partial charge in [0.25, 0.3) is 0 Å². The smallest absolute Gasteiger partial charge is 0.231 e. The van der Waals surface area contributed by atoms with Crippen molar-refractivity contribution in [1.82, 2.24) is 5.32 Å². The van der Waals surface area contributed by atoms with Crippen molar-refractivity contribution in [3.05, 3.63) is 23.3 Å². The second-order valence-electron chi connectivity index (χ2n) is 4.54. The molecule has 1 aromatic rings. The lowest BCUT2D eigenvalue weighted by molar-refractivity contribution is 0.174. The number of hydrogen-bond donors (Lipinski definition) is 2. The fourth-order valence-electron chi connectivity index (χ4n) is 2.28. The predicted octanol–water partition coefficient (Wildman–Crippen LogP) is 1.58. The van der Waals surface area contributed by atoms with Crippen molar-refractivity contribution in [2.45, 2.75) is 19.9 Å². The predicted molar refractivity (Wildman–Crippen MR) is 67.3 cm³/mol. The third-order valence-electron chi connectivity index (χ3n) is 3.35. The molecule has 0 saturated carbocycles. The second kappa shape index (κ2) is 4.94. The summed E-state index contributed by atoms with van der Waals surface area (Å²) < 4.78 is 10.8. The van der Waals surface area contributed by atoms with Gasteiger partial charge in [-0.3, -0.25) is 0 Å². The van der Waals surface area contributed by atoms with Gasteiger partial charge < -0.3 is 20.5 Å². The Bertz CT molecular complexity index is 407. The fraction of sp³-hybridized carbons (Fsp3) is 0.538. The highest BCUT2D eigenvalue weighted by Gasteiger charge is 2.22. The van der Waals surface area contributed by atoms with E-state index in [2.05, 4.69) is 25.2 Å². The quantitative estimate of drug-likeness (QED) is 0.833. The van der Waals surface area contributed by atoms with Gasteiger partial charge in [0.05, 0.1) is 0 Å². The minimum Gasteiger partial charge on any atom is -0.454 e. The second-order valence-corrected chi connectivity index (χ2v) is 4.54. The molecule has 0 saturated heterocycles. The highest BCUT2D eigenvalue weighted by molar-refractivity contribution is 5.49. The summed E-state index contributed by atoms with van der Waals surface area (Å²) in [6, 6.07) is 4.34. The molecule has 0 fully saturated rings. The Hall–Kier alpha value is -1.26. The van der Waals surface area contributed by atoms with Crippen molar-refractivity contribution in [3.63, 3.8) is 0 Å². The van der Waals surface area contributed by atoms with Gasteiger partial charge in [-0.15, -0.1) is 0 Å². The standard InChI is InChI=1S/C13H20N2O2/c1-8-4-11-12(17-7-16-11)5-10(8)13(15-3)9(2)6-14/h4-5,9,13,15H,6-7,14H2,1-3H3. The minimum absolute atomic E-state index is 0.245. The van der Waals surface area contributed by atoms with Crippen LogP contribution in [0.3, 0.4) is 0 Å². The first-order valence-corrected chi connectivity index (χ1v) is 5.94. The van der Waals surface area contributed by atoms with E-state index in [-0.39, 0.29) is 6.04 Å². The van der Waals surface area contributed by atoms with Gasteiger partial charge >= 0.3 is 0 Å². The van der Waals surface area contributed by atoms with Crippen LogP contribution in [0.2, 0.25) is 0 Å². The summed E-state index contributed by atoms with van der Waals surface area (Å²) in [4.78, 5) is 0. The van der Waals surface area contributed by atoms with Gasteiger partial charge in [-0.2, -0.15) is 0 Å². The first-order valence-electron chi connectivity index (χ1n) is 5.94. The molecule has 17 heavy (non-hydrogen) atoms. The molecule has 0 spiro atoms. The van der Waals surface area contributed by atoms with Gasteiger partial charge in [0.1, 0.15) is 0 Å². The van der Waals surface area contributed by atoms with E-state index in [4.69, 9.17) is 15.2 Å². The summed E-state index contributed by atoms with van der Waals surface area (Å²) in [6.45, 7) is 5.20. The molecule has 2 rings (SSSR count). The third kappa shape index (κ3) is 2.23. The lowest BCUT2D eigenvalue weighted by atomic mass is 9.91. The lowest BCUT2D eigenvalue weighted by Gasteiger charge is -2.24. The van der Waals surface area contributed by atoms with Crippen LogP contribution in [-0.4, -0.2) is 20.4 Å². The van der Waals surface area contributed by atoms with Crippen molar-refractivity contribution in [2.24, 2.45) is 11.7 Å². The lowest BCUT2D eigenvalue weighted by Crippen LogP contribution is -2.29. The Morgan fingerprint density at radius 2 is 2.00 bits per heavy atom. The maximum Gasteiger partial charge on any atom is 0.231 e. The molecule has 1 heterocycles. The molecule has 94 valence electrons. The number of ether oxygens (including phenoxy) is 2. The summed E-state index contributed by atoms with van der Waals surface area (Å²) in [5.41, 5.74) is 8.19. The Morgan fingerprint density at radius 3 is 2.59 bits per heavy atom. The van der Waals surface area contributed by atoms with Crippen LogP contribution < -0.4 is 20.5 Å². The van der Waals surface area contributed by atoms with Gasteiger partial charge in [0.15, 0.2) is 11.5 Å². The molecule has 1 aliphatic rings. The number of fused-ring (bicyclic) bond motifs is 1. The first kappa shape index (κ1) is 12.2. The number of benzene rings is 1. The third-order valence-corrected chi connectivity index (χ3v) is 3.35. The summed E-state index contributed by atoms with van der Waals surface area (Å²) in [6.07, 6.45) is 0. The molecule has 1 aliphatic heterocycles. The SMILES string of the molecule is CNC(c1cc2c(cc1C)OCO2)C(C)CN. The normalized spacial score (nSPS) is 16.9. The van der Waals surface area contributed by atoms with E-state index in [1.165, 1.54) is 11.1 Å². The van der Waals surface area contributed by atoms with Crippen molar-refractivity contribution in [1.29, 1.82) is 0 Å². The van der Waals surface area contributed by atoms with Crippen LogP contribution in [0.4, 0.5) is 0 Å². The van der Waals surface area contributed by atoms with Crippen LogP contribution in [0.25, 0.3) is 0 Å². The average Bonchev–Trinajstić information content (AvgIpc) is 2.76. The minimum atomic E-state index is 0.245. The van der Waals surface area contributed by atoms with Gasteiger partial charge in [0, 0.05) is 6.04 Å². The van der Waals surface area contributed by atoms with E-state index in [1.54, 1.807) is 0 Å². The van der Waals surface area contributed by atoms with E-state index in [0.717, 1.165) is 11.5 Å². The van der Waals surface area contributed by atoms with Crippen LogP contribution in [0.15, 0.2) is 12.1 Å². The summed E-state index contributed by atoms with van der Waals surface area (Å²) >= 11 is 0. The van der Waals surface area contributed by atoms with E-state index >= 15 is 0 Å². The van der Waals surface area contributed by atoms with Crippen LogP contribution in [0.5, 0.6) is 11.5 Å². The molecule has 0 aliphatic carbocycles. The van der Waals surface area contributed by atoms with Crippen LogP contribution in [0, 0.1) is 12.8 Å². The fourth-order valence-corrected chi connectivity index (χ4v) is 2.28. The Balaban J connectivity index is 2.37. The zero-order chi connectivity index (χ0) is 12.4. The van der Waals surface area contributed by atoms with Crippen molar-refractivity contribution < 1.29 is 9.47 Å². The largest absolute Gasteiger partial charge is 0.454 e. The summed E-state index contributed by atoms with van der Waals surface area (Å²) in [7, 11) is 1.96. The molecule has 0 amide bonds. The van der Waals surface area contributed by atoms with Crippen molar-refractivity contribution in [2.75, 3.05) is 20.4 Å². The topological polar surface area (TPSA) is 56.5 Å². The zero-order valence-electron chi connectivity index (χ0n) is 10.6. The highest BCUT2D eigenvalue weighted by Crippen LogP contribution is 2.37. The molecular formula is C13H20N2O2. The van der Waals surface area contributed by atoms with Crippen molar-refractivity contribution >= 4 is 0 Å². The molecule has 0 aromatic heterocycles. The van der Waals surface area contributed by atoms with E-state index in [0.29, 0.717) is 19.3 Å². The van der Waals surface area contributed by atoms with Gasteiger partial charge in [-0.1, -0.05) is 6.92 Å². The zero-order valence-corrected chi connectivity index (χ0v) is 10.6. The van der Waals surface area contributed by atoms with Gasteiger partial charge in [0.2, 0.25) is 6.79 Å². The number of rotatable bonds is 4. The van der Waals surface area contributed by atoms with Gasteiger partial charge in [-0.05, 0) is 49.7 Å². The van der Waals surface area contributed by atoms with E-state index in [9.17, 15) is 0 Å². The summed E-state index contributed by atoms with van der Waals surface area (Å²) in [5, 5.41) is 3.32.